The maximum atomic E-state index is 12.1. The minimum atomic E-state index is -0.119. The van der Waals surface area contributed by atoms with Gasteiger partial charge >= 0.3 is 0 Å². The SMILES string of the molecule is C[C@H](CC(=O)Nc1cc(Cl)c(Cl)cc1Cl)c1ccccc1. The monoisotopic (exact) mass is 341 g/mol. The predicted octanol–water partition coefficient (Wildman–Crippen LogP) is 5.78. The summed E-state index contributed by atoms with van der Waals surface area (Å²) in [5.41, 5.74) is 1.59. The van der Waals surface area contributed by atoms with Crippen molar-refractivity contribution in [2.24, 2.45) is 0 Å². The van der Waals surface area contributed by atoms with E-state index >= 15 is 0 Å². The average molecular weight is 343 g/mol. The summed E-state index contributed by atoms with van der Waals surface area (Å²) in [5, 5.41) is 3.84. The number of nitrogens with one attached hydrogen (secondary N) is 1. The Morgan fingerprint density at radius 1 is 1.05 bits per heavy atom. The minimum absolute atomic E-state index is 0.118. The lowest BCUT2D eigenvalue weighted by Gasteiger charge is -2.13. The fourth-order valence-electron chi connectivity index (χ4n) is 2.00. The van der Waals surface area contributed by atoms with Gasteiger partial charge in [-0.25, -0.2) is 0 Å². The lowest BCUT2D eigenvalue weighted by molar-refractivity contribution is -0.116. The number of carbonyl (C=O) groups excluding carboxylic acids is 1. The molecule has 0 heterocycles. The Morgan fingerprint density at radius 2 is 1.67 bits per heavy atom. The first-order valence-corrected chi connectivity index (χ1v) is 7.60. The van der Waals surface area contributed by atoms with Crippen molar-refractivity contribution < 1.29 is 4.79 Å². The standard InChI is InChI=1S/C16H14Cl3NO/c1-10(11-5-3-2-4-6-11)7-16(21)20-15-9-13(18)12(17)8-14(15)19/h2-6,8-10H,7H2,1H3,(H,20,21)/t10-/m1/s1. The fourth-order valence-corrected chi connectivity index (χ4v) is 2.59. The van der Waals surface area contributed by atoms with Gasteiger partial charge in [0.1, 0.15) is 0 Å². The van der Waals surface area contributed by atoms with E-state index in [1.807, 2.05) is 37.3 Å². The van der Waals surface area contributed by atoms with Gasteiger partial charge in [-0.15, -0.1) is 0 Å². The van der Waals surface area contributed by atoms with Crippen LogP contribution in [0.15, 0.2) is 42.5 Å². The molecule has 2 nitrogen and oxygen atoms in total. The molecule has 1 amide bonds. The number of amides is 1. The molecule has 2 rings (SSSR count). The normalized spacial score (nSPS) is 12.0. The van der Waals surface area contributed by atoms with Crippen molar-refractivity contribution >= 4 is 46.4 Å². The first-order chi connectivity index (χ1) is 9.97. The molecule has 0 aliphatic rings. The van der Waals surface area contributed by atoms with Crippen molar-refractivity contribution in [2.45, 2.75) is 19.3 Å². The van der Waals surface area contributed by atoms with Gasteiger partial charge in [0.2, 0.25) is 5.91 Å². The topological polar surface area (TPSA) is 29.1 Å². The lowest BCUT2D eigenvalue weighted by Crippen LogP contribution is -2.14. The number of benzene rings is 2. The van der Waals surface area contributed by atoms with E-state index in [9.17, 15) is 4.79 Å². The molecule has 1 N–H and O–H groups in total. The molecule has 2 aromatic carbocycles. The van der Waals surface area contributed by atoms with Crippen LogP contribution in [-0.4, -0.2) is 5.91 Å². The zero-order valence-electron chi connectivity index (χ0n) is 11.4. The van der Waals surface area contributed by atoms with Crippen LogP contribution in [0, 0.1) is 0 Å². The van der Waals surface area contributed by atoms with Crippen LogP contribution in [-0.2, 0) is 4.79 Å². The highest BCUT2D eigenvalue weighted by molar-refractivity contribution is 6.44. The van der Waals surface area contributed by atoms with Crippen molar-refractivity contribution in [2.75, 3.05) is 5.32 Å². The summed E-state index contributed by atoms with van der Waals surface area (Å²) in [6.45, 7) is 2.01. The summed E-state index contributed by atoms with van der Waals surface area (Å²) in [5.74, 6) is -0.000565. The van der Waals surface area contributed by atoms with Crippen LogP contribution in [0.3, 0.4) is 0 Å². The molecule has 0 spiro atoms. The van der Waals surface area contributed by atoms with Crippen molar-refractivity contribution in [1.82, 2.24) is 0 Å². The van der Waals surface area contributed by atoms with Crippen LogP contribution in [0.25, 0.3) is 0 Å². The molecule has 2 aromatic rings. The molecule has 0 fully saturated rings. The van der Waals surface area contributed by atoms with E-state index in [4.69, 9.17) is 34.8 Å². The molecule has 21 heavy (non-hydrogen) atoms. The Bertz CT molecular complexity index is 643. The summed E-state index contributed by atoms with van der Waals surface area (Å²) < 4.78 is 0. The zero-order chi connectivity index (χ0) is 15.4. The highest BCUT2D eigenvalue weighted by Gasteiger charge is 2.13. The summed E-state index contributed by atoms with van der Waals surface area (Å²) >= 11 is 17.8. The molecular weight excluding hydrogens is 329 g/mol. The molecule has 0 bridgehead atoms. The summed E-state index contributed by atoms with van der Waals surface area (Å²) in [6.07, 6.45) is 0.362. The third kappa shape index (κ3) is 4.37. The molecule has 0 unspecified atom stereocenters. The van der Waals surface area contributed by atoms with Gasteiger partial charge in [-0.1, -0.05) is 72.1 Å². The van der Waals surface area contributed by atoms with E-state index in [0.29, 0.717) is 27.2 Å². The van der Waals surface area contributed by atoms with E-state index in [0.717, 1.165) is 5.56 Å². The van der Waals surface area contributed by atoms with Crippen molar-refractivity contribution in [3.8, 4) is 0 Å². The quantitative estimate of drug-likeness (QED) is 0.701. The zero-order valence-corrected chi connectivity index (χ0v) is 13.6. The van der Waals surface area contributed by atoms with Crippen LogP contribution in [0.1, 0.15) is 24.8 Å². The van der Waals surface area contributed by atoms with Gasteiger partial charge in [0.15, 0.2) is 0 Å². The largest absolute Gasteiger partial charge is 0.325 e. The molecule has 0 saturated carbocycles. The number of carbonyl (C=O) groups is 1. The van der Waals surface area contributed by atoms with Crippen molar-refractivity contribution in [1.29, 1.82) is 0 Å². The van der Waals surface area contributed by atoms with Crippen molar-refractivity contribution in [3.63, 3.8) is 0 Å². The molecule has 110 valence electrons. The van der Waals surface area contributed by atoms with Gasteiger partial charge in [0, 0.05) is 6.42 Å². The second-order valence-electron chi connectivity index (χ2n) is 4.81. The van der Waals surface area contributed by atoms with Gasteiger partial charge in [-0.2, -0.15) is 0 Å². The molecule has 0 radical (unpaired) electrons. The Labute approximate surface area is 139 Å². The third-order valence-electron chi connectivity index (χ3n) is 3.14. The van der Waals surface area contributed by atoms with E-state index < -0.39 is 0 Å². The minimum Gasteiger partial charge on any atom is -0.325 e. The first-order valence-electron chi connectivity index (χ1n) is 6.46. The highest BCUT2D eigenvalue weighted by Crippen LogP contribution is 2.32. The van der Waals surface area contributed by atoms with Crippen LogP contribution in [0.5, 0.6) is 0 Å². The molecule has 1 atom stereocenters. The molecule has 0 aromatic heterocycles. The highest BCUT2D eigenvalue weighted by atomic mass is 35.5. The average Bonchev–Trinajstić information content (AvgIpc) is 2.45. The smallest absolute Gasteiger partial charge is 0.225 e. The lowest BCUT2D eigenvalue weighted by atomic mass is 9.97. The van der Waals surface area contributed by atoms with E-state index in [1.165, 1.54) is 6.07 Å². The number of anilines is 1. The van der Waals surface area contributed by atoms with E-state index in [1.54, 1.807) is 6.07 Å². The van der Waals surface area contributed by atoms with Crippen LogP contribution >= 0.6 is 34.8 Å². The van der Waals surface area contributed by atoms with Gasteiger partial charge < -0.3 is 5.32 Å². The van der Waals surface area contributed by atoms with Gasteiger partial charge in [0.05, 0.1) is 20.8 Å². The van der Waals surface area contributed by atoms with Crippen LogP contribution in [0.4, 0.5) is 5.69 Å². The Hall–Kier alpha value is -1.22. The second kappa shape index (κ2) is 7.17. The summed E-state index contributed by atoms with van der Waals surface area (Å²) in [7, 11) is 0. The second-order valence-corrected chi connectivity index (χ2v) is 6.03. The maximum Gasteiger partial charge on any atom is 0.225 e. The van der Waals surface area contributed by atoms with Crippen molar-refractivity contribution in [3.05, 3.63) is 63.1 Å². The van der Waals surface area contributed by atoms with E-state index in [-0.39, 0.29) is 11.8 Å². The third-order valence-corrected chi connectivity index (χ3v) is 4.18. The molecule has 0 aliphatic heterocycles. The Kier molecular flexibility index (Phi) is 5.51. The number of hydrogen-bond acceptors (Lipinski definition) is 1. The Morgan fingerprint density at radius 3 is 2.33 bits per heavy atom. The van der Waals surface area contributed by atoms with Gasteiger partial charge in [-0.05, 0) is 23.6 Å². The first kappa shape index (κ1) is 16.2. The molecule has 0 aliphatic carbocycles. The number of rotatable bonds is 4. The Balaban J connectivity index is 2.04. The fraction of sp³-hybridized carbons (Fsp3) is 0.188. The summed E-state index contributed by atoms with van der Waals surface area (Å²) in [4.78, 5) is 12.1. The van der Waals surface area contributed by atoms with Crippen LogP contribution < -0.4 is 5.32 Å². The van der Waals surface area contributed by atoms with E-state index in [2.05, 4.69) is 5.32 Å². The summed E-state index contributed by atoms with van der Waals surface area (Å²) in [6, 6.07) is 12.9. The van der Waals surface area contributed by atoms with Gasteiger partial charge in [0.25, 0.3) is 0 Å². The van der Waals surface area contributed by atoms with Crippen LogP contribution in [0.2, 0.25) is 15.1 Å². The molecule has 5 heteroatoms. The maximum absolute atomic E-state index is 12.1. The molecule has 0 saturated heterocycles. The predicted molar refractivity (Wildman–Crippen MR) is 89.6 cm³/mol. The number of halogens is 3. The molecular formula is C16H14Cl3NO. The number of hydrogen-bond donors (Lipinski definition) is 1. The van der Waals surface area contributed by atoms with Gasteiger partial charge in [-0.3, -0.25) is 4.79 Å².